The number of carbonyl (C=O) groups is 2. The monoisotopic (exact) mass is 306 g/mol. The largest absolute Gasteiger partial charge is 0.481 e. The first kappa shape index (κ1) is 15.7. The van der Waals surface area contributed by atoms with Crippen LogP contribution in [-0.4, -0.2) is 49.7 Å². The van der Waals surface area contributed by atoms with Crippen LogP contribution in [-0.2, 0) is 16.1 Å². The molecule has 2 aromatic rings. The van der Waals surface area contributed by atoms with Gasteiger partial charge in [-0.2, -0.15) is 0 Å². The van der Waals surface area contributed by atoms with Gasteiger partial charge in [0.15, 0.2) is 5.65 Å². The predicted molar refractivity (Wildman–Crippen MR) is 78.6 cm³/mol. The molecule has 0 aliphatic rings. The molecule has 2 aromatic heterocycles. The molecule has 0 unspecified atom stereocenters. The quantitative estimate of drug-likeness (QED) is 0.788. The van der Waals surface area contributed by atoms with E-state index in [1.807, 2.05) is 0 Å². The van der Waals surface area contributed by atoms with Gasteiger partial charge in [-0.05, 0) is 18.6 Å². The Labute approximate surface area is 126 Å². The molecule has 0 saturated carbocycles. The van der Waals surface area contributed by atoms with Crippen LogP contribution in [0.15, 0.2) is 29.2 Å². The number of hydrogen-bond donors (Lipinski definition) is 1. The summed E-state index contributed by atoms with van der Waals surface area (Å²) in [6.07, 6.45) is 2.21. The second-order valence-corrected chi connectivity index (χ2v) is 5.00. The Morgan fingerprint density at radius 2 is 2.09 bits per heavy atom. The number of aliphatic carboxylic acids is 1. The predicted octanol–water partition coefficient (Wildman–Crippen LogP) is 0.209. The number of aromatic nitrogens is 3. The average molecular weight is 306 g/mol. The third kappa shape index (κ3) is 3.72. The summed E-state index contributed by atoms with van der Waals surface area (Å²) >= 11 is 0. The van der Waals surface area contributed by atoms with E-state index in [-0.39, 0.29) is 31.0 Å². The van der Waals surface area contributed by atoms with Gasteiger partial charge in [0.1, 0.15) is 0 Å². The molecule has 8 nitrogen and oxygen atoms in total. The zero-order valence-electron chi connectivity index (χ0n) is 12.3. The summed E-state index contributed by atoms with van der Waals surface area (Å²) in [7, 11) is 1.62. The third-order valence-electron chi connectivity index (χ3n) is 3.34. The Morgan fingerprint density at radius 1 is 1.32 bits per heavy atom. The first-order valence-electron chi connectivity index (χ1n) is 6.99. The fraction of sp³-hybridized carbons (Fsp3) is 0.429. The van der Waals surface area contributed by atoms with E-state index in [1.165, 1.54) is 14.0 Å². The zero-order chi connectivity index (χ0) is 16.1. The van der Waals surface area contributed by atoms with Crippen molar-refractivity contribution in [2.24, 2.45) is 0 Å². The molecule has 0 aliphatic carbocycles. The van der Waals surface area contributed by atoms with E-state index in [0.29, 0.717) is 18.6 Å². The molecule has 8 heteroatoms. The van der Waals surface area contributed by atoms with Gasteiger partial charge in [0.2, 0.25) is 5.91 Å². The van der Waals surface area contributed by atoms with E-state index in [4.69, 9.17) is 5.11 Å². The Kier molecular flexibility index (Phi) is 4.92. The van der Waals surface area contributed by atoms with Crippen molar-refractivity contribution in [3.63, 3.8) is 0 Å². The highest BCUT2D eigenvalue weighted by Crippen LogP contribution is 1.99. The highest BCUT2D eigenvalue weighted by Gasteiger charge is 2.12. The van der Waals surface area contributed by atoms with E-state index in [1.54, 1.807) is 31.4 Å². The molecule has 0 bridgehead atoms. The maximum atomic E-state index is 12.0. The molecule has 0 radical (unpaired) electrons. The summed E-state index contributed by atoms with van der Waals surface area (Å²) in [5.74, 6) is -1.02. The van der Waals surface area contributed by atoms with Crippen molar-refractivity contribution < 1.29 is 14.7 Å². The summed E-state index contributed by atoms with van der Waals surface area (Å²) in [6.45, 7) is 0.577. The Bertz CT molecular complexity index is 734. The minimum Gasteiger partial charge on any atom is -0.481 e. The van der Waals surface area contributed by atoms with Gasteiger partial charge < -0.3 is 10.0 Å². The number of amides is 1. The summed E-state index contributed by atoms with van der Waals surface area (Å²) in [4.78, 5) is 35.9. The zero-order valence-corrected chi connectivity index (χ0v) is 12.3. The maximum Gasteiger partial charge on any atom is 0.350 e. The van der Waals surface area contributed by atoms with Gasteiger partial charge in [0.25, 0.3) is 0 Å². The van der Waals surface area contributed by atoms with Crippen molar-refractivity contribution in [2.75, 3.05) is 13.6 Å². The molecule has 1 amide bonds. The Morgan fingerprint density at radius 3 is 2.77 bits per heavy atom. The van der Waals surface area contributed by atoms with Crippen LogP contribution in [0.3, 0.4) is 0 Å². The van der Waals surface area contributed by atoms with E-state index in [9.17, 15) is 14.4 Å². The number of carboxylic acids is 1. The van der Waals surface area contributed by atoms with Gasteiger partial charge >= 0.3 is 11.7 Å². The van der Waals surface area contributed by atoms with Crippen LogP contribution in [0.4, 0.5) is 0 Å². The molecule has 1 N–H and O–H groups in total. The first-order chi connectivity index (χ1) is 10.5. The Hall–Kier alpha value is -2.64. The molecule has 22 heavy (non-hydrogen) atoms. The number of rotatable bonds is 7. The summed E-state index contributed by atoms with van der Waals surface area (Å²) in [5, 5.41) is 12.7. The molecule has 2 rings (SSSR count). The molecule has 0 aromatic carbocycles. The van der Waals surface area contributed by atoms with Crippen molar-refractivity contribution in [1.82, 2.24) is 19.1 Å². The van der Waals surface area contributed by atoms with Gasteiger partial charge in [-0.1, -0.05) is 6.07 Å². The molecular weight excluding hydrogens is 288 g/mol. The topological polar surface area (TPSA) is 96.9 Å². The lowest BCUT2D eigenvalue weighted by atomic mass is 10.3. The second-order valence-electron chi connectivity index (χ2n) is 5.00. The van der Waals surface area contributed by atoms with Crippen LogP contribution < -0.4 is 5.69 Å². The van der Waals surface area contributed by atoms with E-state index < -0.39 is 5.97 Å². The van der Waals surface area contributed by atoms with Crippen LogP contribution in [0.5, 0.6) is 0 Å². The fourth-order valence-electron chi connectivity index (χ4n) is 2.10. The van der Waals surface area contributed by atoms with Gasteiger partial charge in [0, 0.05) is 32.6 Å². The number of carboxylic acid groups (broad SMARTS) is 1. The normalized spacial score (nSPS) is 10.8. The lowest BCUT2D eigenvalue weighted by Gasteiger charge is -2.16. The second kappa shape index (κ2) is 6.88. The first-order valence-corrected chi connectivity index (χ1v) is 6.99. The van der Waals surface area contributed by atoms with Gasteiger partial charge in [-0.25, -0.2) is 9.48 Å². The number of hydrogen-bond acceptors (Lipinski definition) is 4. The lowest BCUT2D eigenvalue weighted by Crippen LogP contribution is -2.30. The fourth-order valence-corrected chi connectivity index (χ4v) is 2.10. The molecule has 2 heterocycles. The standard InChI is InChI=1S/C14H18N4O4/c1-16(8-4-6-13(20)21)12(19)7-10-18-14(22)17-9-3-2-5-11(17)15-18/h2-3,5,9H,4,6-8,10H2,1H3,(H,20,21). The summed E-state index contributed by atoms with van der Waals surface area (Å²) in [5.41, 5.74) is 0.256. The molecule has 0 atom stereocenters. The van der Waals surface area contributed by atoms with Crippen LogP contribution in [0.25, 0.3) is 5.65 Å². The van der Waals surface area contributed by atoms with Crippen molar-refractivity contribution >= 4 is 17.5 Å². The van der Waals surface area contributed by atoms with E-state index >= 15 is 0 Å². The highest BCUT2D eigenvalue weighted by atomic mass is 16.4. The number of pyridine rings is 1. The van der Waals surface area contributed by atoms with Crippen LogP contribution in [0.2, 0.25) is 0 Å². The van der Waals surface area contributed by atoms with Gasteiger partial charge in [-0.3, -0.25) is 14.0 Å². The van der Waals surface area contributed by atoms with Crippen molar-refractivity contribution in [3.05, 3.63) is 34.9 Å². The molecule has 0 fully saturated rings. The van der Waals surface area contributed by atoms with E-state index in [0.717, 1.165) is 0 Å². The SMILES string of the molecule is CN(CCCC(=O)O)C(=O)CCn1nc2ccccn2c1=O. The highest BCUT2D eigenvalue weighted by molar-refractivity contribution is 5.75. The summed E-state index contributed by atoms with van der Waals surface area (Å²) < 4.78 is 2.68. The average Bonchev–Trinajstić information content (AvgIpc) is 2.81. The van der Waals surface area contributed by atoms with Crippen LogP contribution in [0.1, 0.15) is 19.3 Å². The van der Waals surface area contributed by atoms with Gasteiger partial charge in [-0.15, -0.1) is 5.10 Å². The summed E-state index contributed by atoms with van der Waals surface area (Å²) in [6, 6.07) is 5.24. The van der Waals surface area contributed by atoms with Crippen molar-refractivity contribution in [1.29, 1.82) is 0 Å². The number of fused-ring (bicyclic) bond motifs is 1. The third-order valence-corrected chi connectivity index (χ3v) is 3.34. The Balaban J connectivity index is 1.91. The molecule has 0 saturated heterocycles. The molecule has 0 spiro atoms. The van der Waals surface area contributed by atoms with Gasteiger partial charge in [0.05, 0.1) is 6.54 Å². The van der Waals surface area contributed by atoms with E-state index in [2.05, 4.69) is 5.10 Å². The van der Waals surface area contributed by atoms with Crippen LogP contribution >= 0.6 is 0 Å². The number of aryl methyl sites for hydroxylation is 1. The van der Waals surface area contributed by atoms with Crippen LogP contribution in [0, 0.1) is 0 Å². The molecule has 0 aliphatic heterocycles. The minimum absolute atomic E-state index is 0.0313. The number of nitrogens with zero attached hydrogens (tertiary/aromatic N) is 4. The molecular formula is C14H18N4O4. The van der Waals surface area contributed by atoms with Crippen molar-refractivity contribution in [3.8, 4) is 0 Å². The van der Waals surface area contributed by atoms with Crippen molar-refractivity contribution in [2.45, 2.75) is 25.8 Å². The molecule has 118 valence electrons. The number of carbonyl (C=O) groups excluding carboxylic acids is 1. The lowest BCUT2D eigenvalue weighted by molar-refractivity contribution is -0.138. The smallest absolute Gasteiger partial charge is 0.350 e. The minimum atomic E-state index is -0.878. The maximum absolute atomic E-state index is 12.0.